The quantitative estimate of drug-likeness (QED) is 0.634. The summed E-state index contributed by atoms with van der Waals surface area (Å²) in [6.07, 6.45) is 3.59. The Bertz CT molecular complexity index is 1110. The number of aromatic nitrogens is 2. The molecule has 2 N–H and O–H groups in total. The van der Waals surface area contributed by atoms with Gasteiger partial charge in [-0.3, -0.25) is 9.59 Å². The van der Waals surface area contributed by atoms with E-state index < -0.39 is 0 Å². The zero-order chi connectivity index (χ0) is 21.8. The molecule has 31 heavy (non-hydrogen) atoms. The number of benzene rings is 2. The lowest BCUT2D eigenvalue weighted by molar-refractivity contribution is -0.119. The van der Waals surface area contributed by atoms with E-state index in [1.54, 1.807) is 41.1 Å². The number of methoxy groups -OCH3 is 1. The number of amides is 2. The summed E-state index contributed by atoms with van der Waals surface area (Å²) in [6.45, 7) is -0.0520. The van der Waals surface area contributed by atoms with Gasteiger partial charge in [-0.05, 0) is 68.1 Å². The lowest BCUT2D eigenvalue weighted by atomic mass is 9.95. The van der Waals surface area contributed by atoms with Gasteiger partial charge in [-0.15, -0.1) is 0 Å². The topological polar surface area (TPSA) is 85.2 Å². The average molecular weight is 422 g/mol. The highest BCUT2D eigenvalue weighted by atomic mass is 19.1. The van der Waals surface area contributed by atoms with E-state index in [9.17, 15) is 14.0 Å². The van der Waals surface area contributed by atoms with Crippen LogP contribution in [0.2, 0.25) is 0 Å². The monoisotopic (exact) mass is 422 g/mol. The van der Waals surface area contributed by atoms with E-state index in [-0.39, 0.29) is 24.2 Å². The van der Waals surface area contributed by atoms with E-state index in [2.05, 4.69) is 15.7 Å². The molecule has 0 atom stereocenters. The Morgan fingerprint density at radius 1 is 1.06 bits per heavy atom. The summed E-state index contributed by atoms with van der Waals surface area (Å²) in [6, 6.07) is 13.0. The van der Waals surface area contributed by atoms with Gasteiger partial charge < -0.3 is 15.4 Å². The van der Waals surface area contributed by atoms with Gasteiger partial charge in [0, 0.05) is 29.7 Å². The standard InChI is InChI=1S/C23H23FN4O3/c1-31-14-21(29)25-16-5-4-6-17(13-16)26-23(30)22-19-7-2-3-8-20(19)28(27-22)18-11-9-15(24)10-12-18/h4-6,9-13H,2-3,7-8,14H2,1H3,(H,25,29)(H,26,30). The van der Waals surface area contributed by atoms with Crippen LogP contribution in [-0.2, 0) is 22.4 Å². The van der Waals surface area contributed by atoms with Crippen LogP contribution in [0, 0.1) is 5.82 Å². The van der Waals surface area contributed by atoms with Crippen LogP contribution in [0.15, 0.2) is 48.5 Å². The first-order chi connectivity index (χ1) is 15.0. The van der Waals surface area contributed by atoms with Crippen molar-refractivity contribution in [1.82, 2.24) is 9.78 Å². The first kappa shape index (κ1) is 20.7. The predicted molar refractivity (Wildman–Crippen MR) is 115 cm³/mol. The van der Waals surface area contributed by atoms with Gasteiger partial charge in [-0.1, -0.05) is 6.07 Å². The van der Waals surface area contributed by atoms with Crippen molar-refractivity contribution in [1.29, 1.82) is 0 Å². The highest BCUT2D eigenvalue weighted by Crippen LogP contribution is 2.28. The number of hydrogen-bond acceptors (Lipinski definition) is 4. The number of nitrogens with one attached hydrogen (secondary N) is 2. The van der Waals surface area contributed by atoms with Crippen LogP contribution < -0.4 is 10.6 Å². The van der Waals surface area contributed by atoms with Crippen LogP contribution in [-0.4, -0.2) is 35.3 Å². The van der Waals surface area contributed by atoms with Crippen LogP contribution in [0.3, 0.4) is 0 Å². The SMILES string of the molecule is COCC(=O)Nc1cccc(NC(=O)c2nn(-c3ccc(F)cc3)c3c2CCCC3)c1. The lowest BCUT2D eigenvalue weighted by Gasteiger charge is -2.14. The first-order valence-corrected chi connectivity index (χ1v) is 10.1. The van der Waals surface area contributed by atoms with Crippen molar-refractivity contribution in [3.8, 4) is 5.69 Å². The smallest absolute Gasteiger partial charge is 0.276 e. The number of carbonyl (C=O) groups excluding carboxylic acids is 2. The third-order valence-corrected chi connectivity index (χ3v) is 5.15. The van der Waals surface area contributed by atoms with Gasteiger partial charge in [-0.2, -0.15) is 5.10 Å². The highest BCUT2D eigenvalue weighted by Gasteiger charge is 2.25. The number of nitrogens with zero attached hydrogens (tertiary/aromatic N) is 2. The van der Waals surface area contributed by atoms with E-state index in [0.717, 1.165) is 42.6 Å². The van der Waals surface area contributed by atoms with Crippen molar-refractivity contribution in [3.63, 3.8) is 0 Å². The Hall–Kier alpha value is -3.52. The number of ether oxygens (including phenoxy) is 1. The van der Waals surface area contributed by atoms with Gasteiger partial charge in [0.1, 0.15) is 12.4 Å². The molecule has 160 valence electrons. The Labute approximate surface area is 179 Å². The Morgan fingerprint density at radius 3 is 2.52 bits per heavy atom. The molecular weight excluding hydrogens is 399 g/mol. The molecule has 0 bridgehead atoms. The zero-order valence-electron chi connectivity index (χ0n) is 17.2. The van der Waals surface area contributed by atoms with Gasteiger partial charge in [-0.25, -0.2) is 9.07 Å². The number of halogens is 1. The summed E-state index contributed by atoms with van der Waals surface area (Å²) in [7, 11) is 1.45. The van der Waals surface area contributed by atoms with Gasteiger partial charge in [0.05, 0.1) is 5.69 Å². The number of fused-ring (bicyclic) bond motifs is 1. The normalized spacial score (nSPS) is 12.8. The summed E-state index contributed by atoms with van der Waals surface area (Å²) in [5.41, 5.74) is 4.11. The van der Waals surface area contributed by atoms with Crippen molar-refractivity contribution in [2.45, 2.75) is 25.7 Å². The molecule has 0 spiro atoms. The van der Waals surface area contributed by atoms with Crippen molar-refractivity contribution < 1.29 is 18.7 Å². The minimum atomic E-state index is -0.320. The molecule has 1 aliphatic carbocycles. The summed E-state index contributed by atoms with van der Waals surface area (Å²) >= 11 is 0. The molecule has 0 saturated carbocycles. The van der Waals surface area contributed by atoms with Crippen LogP contribution >= 0.6 is 0 Å². The molecule has 1 aromatic heterocycles. The van der Waals surface area contributed by atoms with Gasteiger partial charge >= 0.3 is 0 Å². The third kappa shape index (κ3) is 4.64. The maximum atomic E-state index is 13.3. The summed E-state index contributed by atoms with van der Waals surface area (Å²) in [5, 5.41) is 10.2. The highest BCUT2D eigenvalue weighted by molar-refractivity contribution is 6.04. The number of hydrogen-bond donors (Lipinski definition) is 2. The van der Waals surface area contributed by atoms with Crippen LogP contribution in [0.1, 0.15) is 34.6 Å². The second-order valence-corrected chi connectivity index (χ2v) is 7.39. The fourth-order valence-electron chi connectivity index (χ4n) is 3.77. The fourth-order valence-corrected chi connectivity index (χ4v) is 3.77. The fraction of sp³-hybridized carbons (Fsp3) is 0.261. The van der Waals surface area contributed by atoms with Gasteiger partial charge in [0.15, 0.2) is 5.69 Å². The zero-order valence-corrected chi connectivity index (χ0v) is 17.2. The van der Waals surface area contributed by atoms with Crippen molar-refractivity contribution >= 4 is 23.2 Å². The molecule has 0 unspecified atom stereocenters. The second kappa shape index (κ2) is 9.09. The molecule has 7 nitrogen and oxygen atoms in total. The van der Waals surface area contributed by atoms with Crippen LogP contribution in [0.5, 0.6) is 0 Å². The summed E-state index contributed by atoms with van der Waals surface area (Å²) in [4.78, 5) is 24.8. The first-order valence-electron chi connectivity index (χ1n) is 10.1. The maximum absolute atomic E-state index is 13.3. The van der Waals surface area contributed by atoms with E-state index in [1.165, 1.54) is 19.2 Å². The Morgan fingerprint density at radius 2 is 1.77 bits per heavy atom. The van der Waals surface area contributed by atoms with E-state index >= 15 is 0 Å². The molecule has 8 heteroatoms. The summed E-state index contributed by atoms with van der Waals surface area (Å²) < 4.78 is 19.9. The maximum Gasteiger partial charge on any atom is 0.276 e. The molecular formula is C23H23FN4O3. The van der Waals surface area contributed by atoms with Crippen LogP contribution in [0.25, 0.3) is 5.69 Å². The molecule has 0 aliphatic heterocycles. The molecule has 2 aromatic carbocycles. The van der Waals surface area contributed by atoms with E-state index in [1.807, 2.05) is 0 Å². The number of anilines is 2. The molecule has 0 radical (unpaired) electrons. The lowest BCUT2D eigenvalue weighted by Crippen LogP contribution is -2.18. The Balaban J connectivity index is 1.59. The Kier molecular flexibility index (Phi) is 6.08. The van der Waals surface area contributed by atoms with Crippen molar-refractivity contribution in [2.75, 3.05) is 24.4 Å². The predicted octanol–water partition coefficient (Wildman–Crippen LogP) is 3.73. The number of carbonyl (C=O) groups is 2. The average Bonchev–Trinajstić information content (AvgIpc) is 3.15. The molecule has 0 saturated heterocycles. The van der Waals surface area contributed by atoms with Gasteiger partial charge in [0.2, 0.25) is 5.91 Å². The van der Waals surface area contributed by atoms with E-state index in [0.29, 0.717) is 17.1 Å². The minimum absolute atomic E-state index is 0.0520. The molecule has 2 amide bonds. The van der Waals surface area contributed by atoms with Crippen molar-refractivity contribution in [3.05, 3.63) is 71.3 Å². The largest absolute Gasteiger partial charge is 0.375 e. The molecule has 1 aliphatic rings. The van der Waals surface area contributed by atoms with Crippen LogP contribution in [0.4, 0.5) is 15.8 Å². The molecule has 3 aromatic rings. The molecule has 0 fully saturated rings. The number of rotatable bonds is 6. The van der Waals surface area contributed by atoms with E-state index in [4.69, 9.17) is 4.74 Å². The van der Waals surface area contributed by atoms with Crippen molar-refractivity contribution in [2.24, 2.45) is 0 Å². The second-order valence-electron chi connectivity index (χ2n) is 7.39. The third-order valence-electron chi connectivity index (χ3n) is 5.15. The van der Waals surface area contributed by atoms with Gasteiger partial charge in [0.25, 0.3) is 5.91 Å². The minimum Gasteiger partial charge on any atom is -0.375 e. The molecule has 4 rings (SSSR count). The summed E-state index contributed by atoms with van der Waals surface area (Å²) in [5.74, 6) is -0.919. The molecule has 1 heterocycles.